The Morgan fingerprint density at radius 3 is 2.91 bits per heavy atom. The van der Waals surface area contributed by atoms with Crippen LogP contribution in [0.4, 0.5) is 5.82 Å². The summed E-state index contributed by atoms with van der Waals surface area (Å²) in [5.41, 5.74) is 9.33. The van der Waals surface area contributed by atoms with E-state index in [-0.39, 0.29) is 0 Å². The fraction of sp³-hybridized carbons (Fsp3) is 0.556. The van der Waals surface area contributed by atoms with Crippen LogP contribution in [0.2, 0.25) is 0 Å². The molecule has 0 aromatic carbocycles. The number of aryl methyl sites for hydroxylation is 1. The van der Waals surface area contributed by atoms with Crippen molar-refractivity contribution < 1.29 is 0 Å². The molecule has 0 spiro atoms. The van der Waals surface area contributed by atoms with E-state index in [2.05, 4.69) is 28.3 Å². The minimum Gasteiger partial charge on any atom is -0.367 e. The van der Waals surface area contributed by atoms with E-state index in [9.17, 15) is 0 Å². The van der Waals surface area contributed by atoms with Crippen molar-refractivity contribution in [2.75, 3.05) is 5.32 Å². The third kappa shape index (κ3) is 2.13. The highest BCUT2D eigenvalue weighted by atomic mass is 32.1. The number of anilines is 1. The Hall–Kier alpha value is -1.46. The van der Waals surface area contributed by atoms with Crippen molar-refractivity contribution in [2.24, 2.45) is 11.1 Å². The molecule has 0 radical (unpaired) electrons. The smallest absolute Gasteiger partial charge is 0.139 e. The van der Waals surface area contributed by atoms with Gasteiger partial charge in [-0.25, -0.2) is 9.97 Å². The quantitative estimate of drug-likeness (QED) is 0.883. The van der Waals surface area contributed by atoms with Gasteiger partial charge in [-0.1, -0.05) is 13.0 Å². The summed E-state index contributed by atoms with van der Waals surface area (Å²) in [7, 11) is 0. The molecule has 3 N–H and O–H groups in total. The van der Waals surface area contributed by atoms with Crippen molar-refractivity contribution in [3.05, 3.63) is 22.8 Å². The van der Waals surface area contributed by atoms with E-state index in [0.717, 1.165) is 36.3 Å². The van der Waals surface area contributed by atoms with Crippen LogP contribution in [-0.4, -0.2) is 22.1 Å². The molecule has 3 aliphatic rings. The van der Waals surface area contributed by atoms with E-state index >= 15 is 0 Å². The first-order valence-corrected chi connectivity index (χ1v) is 9.48. The van der Waals surface area contributed by atoms with Gasteiger partial charge in [-0.3, -0.25) is 0 Å². The fourth-order valence-electron chi connectivity index (χ4n) is 4.23. The van der Waals surface area contributed by atoms with Crippen LogP contribution in [0.3, 0.4) is 0 Å². The van der Waals surface area contributed by atoms with E-state index in [1.807, 2.05) is 11.3 Å². The van der Waals surface area contributed by atoms with Crippen LogP contribution >= 0.6 is 11.3 Å². The first-order chi connectivity index (χ1) is 11.1. The number of allylic oxidation sites excluding steroid dienone is 2. The molecule has 5 rings (SSSR count). The van der Waals surface area contributed by atoms with Crippen LogP contribution in [0.1, 0.15) is 49.5 Å². The van der Waals surface area contributed by atoms with E-state index in [4.69, 9.17) is 5.73 Å². The highest BCUT2D eigenvalue weighted by Gasteiger charge is 2.45. The second kappa shape index (κ2) is 4.77. The number of rotatable bonds is 2. The maximum Gasteiger partial charge on any atom is 0.139 e. The number of fused-ring (bicyclic) bond motifs is 5. The van der Waals surface area contributed by atoms with Gasteiger partial charge in [-0.15, -0.1) is 11.3 Å². The molecule has 2 aromatic heterocycles. The number of nitrogens with two attached hydrogens (primary N) is 1. The molecule has 23 heavy (non-hydrogen) atoms. The van der Waals surface area contributed by atoms with Crippen molar-refractivity contribution in [2.45, 2.75) is 57.5 Å². The molecule has 0 bridgehead atoms. The molecule has 0 amide bonds. The number of aromatic nitrogens is 2. The Morgan fingerprint density at radius 2 is 2.09 bits per heavy atom. The van der Waals surface area contributed by atoms with Crippen molar-refractivity contribution in [3.8, 4) is 0 Å². The molecule has 1 unspecified atom stereocenters. The summed E-state index contributed by atoms with van der Waals surface area (Å²) in [6.45, 7) is 2.36. The zero-order valence-corrected chi connectivity index (χ0v) is 14.2. The molecule has 3 aliphatic carbocycles. The van der Waals surface area contributed by atoms with E-state index < -0.39 is 0 Å². The van der Waals surface area contributed by atoms with Gasteiger partial charge in [0.15, 0.2) is 0 Å². The normalized spacial score (nSPS) is 32.2. The van der Waals surface area contributed by atoms with Gasteiger partial charge in [0.2, 0.25) is 0 Å². The summed E-state index contributed by atoms with van der Waals surface area (Å²) >= 11 is 1.85. The molecule has 2 aromatic rings. The van der Waals surface area contributed by atoms with Gasteiger partial charge < -0.3 is 11.1 Å². The lowest BCUT2D eigenvalue weighted by Crippen LogP contribution is -2.33. The van der Waals surface area contributed by atoms with Gasteiger partial charge in [0.1, 0.15) is 17.0 Å². The number of hydrogen-bond donors (Lipinski definition) is 2. The van der Waals surface area contributed by atoms with Crippen LogP contribution in [-0.2, 0) is 6.42 Å². The molecule has 2 heterocycles. The van der Waals surface area contributed by atoms with Crippen molar-refractivity contribution in [1.82, 2.24) is 9.97 Å². The second-order valence-electron chi connectivity index (χ2n) is 7.53. The van der Waals surface area contributed by atoms with Gasteiger partial charge in [0.25, 0.3) is 0 Å². The predicted molar refractivity (Wildman–Crippen MR) is 95.7 cm³/mol. The summed E-state index contributed by atoms with van der Waals surface area (Å²) in [4.78, 5) is 11.8. The lowest BCUT2D eigenvalue weighted by molar-refractivity contribution is 0.410. The lowest BCUT2D eigenvalue weighted by Gasteiger charge is -2.27. The van der Waals surface area contributed by atoms with Gasteiger partial charge in [0.05, 0.1) is 5.39 Å². The molecule has 1 fully saturated rings. The van der Waals surface area contributed by atoms with Crippen LogP contribution in [0.5, 0.6) is 0 Å². The van der Waals surface area contributed by atoms with Crippen LogP contribution in [0, 0.1) is 5.41 Å². The molecular formula is C18H22N4S. The summed E-state index contributed by atoms with van der Waals surface area (Å²) in [5, 5.41) is 4.97. The van der Waals surface area contributed by atoms with E-state index in [1.54, 1.807) is 6.33 Å². The summed E-state index contributed by atoms with van der Waals surface area (Å²) < 4.78 is 0. The zero-order chi connectivity index (χ0) is 15.6. The maximum absolute atomic E-state index is 6.03. The third-order valence-corrected chi connectivity index (χ3v) is 6.97. The van der Waals surface area contributed by atoms with E-state index in [0.29, 0.717) is 17.5 Å². The van der Waals surface area contributed by atoms with Crippen molar-refractivity contribution >= 4 is 32.9 Å². The number of nitrogens with one attached hydrogen (secondary N) is 1. The lowest BCUT2D eigenvalue weighted by atomic mass is 9.86. The molecule has 0 saturated heterocycles. The van der Waals surface area contributed by atoms with Gasteiger partial charge >= 0.3 is 0 Å². The zero-order valence-electron chi connectivity index (χ0n) is 13.4. The molecule has 1 saturated carbocycles. The van der Waals surface area contributed by atoms with Crippen molar-refractivity contribution in [1.29, 1.82) is 0 Å². The Balaban J connectivity index is 1.55. The van der Waals surface area contributed by atoms with Crippen LogP contribution < -0.4 is 11.1 Å². The standard InChI is InChI=1S/C18H22N4S/c1-18-7-6-13-14(12(18)8-18)15-16(20-9-21-17(15)23-13)22-11-4-2-10(19)3-5-11/h8-11H,2-7,19H2,1H3,(H,20,21,22). The highest BCUT2D eigenvalue weighted by molar-refractivity contribution is 7.19. The maximum atomic E-state index is 6.03. The topological polar surface area (TPSA) is 63.8 Å². The highest BCUT2D eigenvalue weighted by Crippen LogP contribution is 2.61. The van der Waals surface area contributed by atoms with E-state index in [1.165, 1.54) is 34.2 Å². The SMILES string of the molecule is CC12C=C1c1c(sc3ncnc(NC4CCC(N)CC4)c13)CC2. The van der Waals surface area contributed by atoms with Crippen molar-refractivity contribution in [3.63, 3.8) is 0 Å². The minimum atomic E-state index is 0.339. The summed E-state index contributed by atoms with van der Waals surface area (Å²) in [6.07, 6.45) is 11.1. The Kier molecular flexibility index (Phi) is 2.89. The average molecular weight is 326 g/mol. The Morgan fingerprint density at radius 1 is 1.26 bits per heavy atom. The third-order valence-electron chi connectivity index (χ3n) is 5.81. The molecule has 0 aliphatic heterocycles. The molecular weight excluding hydrogens is 304 g/mol. The number of hydrogen-bond acceptors (Lipinski definition) is 5. The summed E-state index contributed by atoms with van der Waals surface area (Å²) in [6, 6.07) is 0.872. The molecule has 4 nitrogen and oxygen atoms in total. The number of nitrogens with zero attached hydrogens (tertiary/aromatic N) is 2. The van der Waals surface area contributed by atoms with Gasteiger partial charge in [-0.2, -0.15) is 0 Å². The van der Waals surface area contributed by atoms with Crippen LogP contribution in [0.15, 0.2) is 12.4 Å². The van der Waals surface area contributed by atoms with Gasteiger partial charge in [0, 0.05) is 27.9 Å². The van der Waals surface area contributed by atoms with Gasteiger partial charge in [-0.05, 0) is 44.1 Å². The molecule has 120 valence electrons. The second-order valence-corrected chi connectivity index (χ2v) is 8.62. The first kappa shape index (κ1) is 13.9. The first-order valence-electron chi connectivity index (χ1n) is 8.66. The average Bonchev–Trinajstić information content (AvgIpc) is 3.09. The fourth-order valence-corrected chi connectivity index (χ4v) is 5.38. The number of thiophene rings is 1. The van der Waals surface area contributed by atoms with Crippen LogP contribution in [0.25, 0.3) is 15.8 Å². The predicted octanol–water partition coefficient (Wildman–Crippen LogP) is 3.72. The molecule has 1 atom stereocenters. The Labute approximate surface area is 140 Å². The minimum absolute atomic E-state index is 0.339. The monoisotopic (exact) mass is 326 g/mol. The summed E-state index contributed by atoms with van der Waals surface area (Å²) in [5.74, 6) is 1.03. The largest absolute Gasteiger partial charge is 0.367 e. The Bertz CT molecular complexity index is 816. The molecule has 5 heteroatoms.